The van der Waals surface area contributed by atoms with E-state index in [0.29, 0.717) is 12.2 Å². The van der Waals surface area contributed by atoms with Gasteiger partial charge in [-0.1, -0.05) is 6.58 Å². The Morgan fingerprint density at radius 2 is 2.17 bits per heavy atom. The maximum Gasteiger partial charge on any atom is 0.333 e. The summed E-state index contributed by atoms with van der Waals surface area (Å²) < 4.78 is 4.84. The summed E-state index contributed by atoms with van der Waals surface area (Å²) >= 11 is 0. The van der Waals surface area contributed by atoms with Crippen LogP contribution < -0.4 is 29.3 Å². The molecule has 0 spiro atoms. The van der Waals surface area contributed by atoms with Crippen LogP contribution in [0, 0.1) is 0 Å². The van der Waals surface area contributed by atoms with Crippen molar-refractivity contribution >= 4 is 5.97 Å². The van der Waals surface area contributed by atoms with Crippen molar-refractivity contribution in [1.29, 1.82) is 0 Å². The summed E-state index contributed by atoms with van der Waals surface area (Å²) in [6, 6.07) is 0. The van der Waals surface area contributed by atoms with Gasteiger partial charge in [0.25, 0.3) is 0 Å². The van der Waals surface area contributed by atoms with E-state index in [2.05, 4.69) is 18.8 Å². The van der Waals surface area contributed by atoms with E-state index < -0.39 is 0 Å². The van der Waals surface area contributed by atoms with Gasteiger partial charge in [-0.3, -0.25) is 0 Å². The number of esters is 1. The topological polar surface area (TPSA) is 42.9 Å². The van der Waals surface area contributed by atoms with Crippen LogP contribution in [-0.2, 0) is 9.53 Å². The van der Waals surface area contributed by atoms with Crippen LogP contribution in [0.3, 0.4) is 0 Å². The van der Waals surface area contributed by atoms with Gasteiger partial charge in [-0.25, -0.2) is 4.79 Å². The number of quaternary nitrogens is 1. The van der Waals surface area contributed by atoms with Crippen molar-refractivity contribution < 1.29 is 38.8 Å². The average Bonchev–Trinajstić information content (AvgIpc) is 1.97. The maximum atomic E-state index is 10.8. The highest BCUT2D eigenvalue weighted by atomic mass is 127. The summed E-state index contributed by atoms with van der Waals surface area (Å²) in [5, 5.41) is 2.08. The van der Waals surface area contributed by atoms with Crippen LogP contribution in [0.15, 0.2) is 12.2 Å². The first kappa shape index (κ1) is 14.4. The molecule has 0 saturated heterocycles. The average molecular weight is 285 g/mol. The number of hydrogen-bond donors (Lipinski definition) is 1. The number of likely N-dealkylation sites (N-methyl/N-ethyl adjacent to an activating group) is 1. The second-order valence-corrected chi connectivity index (χ2v) is 2.40. The van der Waals surface area contributed by atoms with E-state index in [1.54, 1.807) is 6.92 Å². The maximum absolute atomic E-state index is 10.8. The zero-order valence-electron chi connectivity index (χ0n) is 7.60. The van der Waals surface area contributed by atoms with Crippen molar-refractivity contribution in [2.24, 2.45) is 0 Å². The molecular weight excluding hydrogens is 269 g/mol. The van der Waals surface area contributed by atoms with Crippen LogP contribution in [0.25, 0.3) is 0 Å². The van der Waals surface area contributed by atoms with E-state index in [0.717, 1.165) is 13.1 Å². The van der Waals surface area contributed by atoms with Crippen molar-refractivity contribution in [2.45, 2.75) is 13.8 Å². The van der Waals surface area contributed by atoms with Crippen LogP contribution in [0.1, 0.15) is 13.8 Å². The highest BCUT2D eigenvalue weighted by molar-refractivity contribution is 5.86. The Hall–Kier alpha value is -0.100. The molecule has 0 aromatic rings. The Bertz CT molecular complexity index is 148. The molecule has 0 rings (SSSR count). The molecule has 0 aromatic heterocycles. The van der Waals surface area contributed by atoms with Crippen molar-refractivity contribution in [1.82, 2.24) is 0 Å². The normalized spacial score (nSPS) is 8.50. The number of hydrogen-bond acceptors (Lipinski definition) is 2. The molecule has 0 radical (unpaired) electrons. The van der Waals surface area contributed by atoms with Crippen molar-refractivity contribution in [3.05, 3.63) is 12.2 Å². The Morgan fingerprint density at radius 1 is 1.58 bits per heavy atom. The summed E-state index contributed by atoms with van der Waals surface area (Å²) in [7, 11) is 0. The Labute approximate surface area is 90.6 Å². The van der Waals surface area contributed by atoms with E-state index in [9.17, 15) is 4.79 Å². The molecule has 3 nitrogen and oxygen atoms in total. The predicted octanol–water partition coefficient (Wildman–Crippen LogP) is -3.31. The van der Waals surface area contributed by atoms with E-state index in [1.807, 2.05) is 0 Å². The lowest BCUT2D eigenvalue weighted by Gasteiger charge is -2.01. The molecule has 0 saturated carbocycles. The largest absolute Gasteiger partial charge is 1.00 e. The molecule has 0 atom stereocenters. The first-order valence-electron chi connectivity index (χ1n) is 3.82. The van der Waals surface area contributed by atoms with E-state index in [-0.39, 0.29) is 29.9 Å². The fraction of sp³-hybridized carbons (Fsp3) is 0.625. The molecule has 0 aromatic carbocycles. The van der Waals surface area contributed by atoms with Crippen molar-refractivity contribution in [2.75, 3.05) is 19.7 Å². The van der Waals surface area contributed by atoms with Crippen molar-refractivity contribution in [3.8, 4) is 0 Å². The molecule has 0 aliphatic carbocycles. The lowest BCUT2D eigenvalue weighted by atomic mass is 10.4. The zero-order chi connectivity index (χ0) is 8.69. The molecule has 12 heavy (non-hydrogen) atoms. The Morgan fingerprint density at radius 3 is 2.58 bits per heavy atom. The first-order chi connectivity index (χ1) is 5.18. The minimum Gasteiger partial charge on any atom is -1.00 e. The zero-order valence-corrected chi connectivity index (χ0v) is 9.76. The van der Waals surface area contributed by atoms with Gasteiger partial charge in [-0.05, 0) is 13.8 Å². The summed E-state index contributed by atoms with van der Waals surface area (Å²) in [5.74, 6) is -0.297. The van der Waals surface area contributed by atoms with Gasteiger partial charge in [0.05, 0.1) is 6.54 Å². The molecule has 0 bridgehead atoms. The van der Waals surface area contributed by atoms with E-state index in [1.165, 1.54) is 0 Å². The molecule has 0 fully saturated rings. The standard InChI is InChI=1S/C8H15NO2.HI/c1-4-9-5-6-11-8(10)7(2)3;/h9H,2,4-6H2,1,3H3;1H. The Balaban J connectivity index is 0. The second kappa shape index (κ2) is 8.99. The van der Waals surface area contributed by atoms with Gasteiger partial charge in [-0.15, -0.1) is 0 Å². The molecule has 2 N–H and O–H groups in total. The smallest absolute Gasteiger partial charge is 0.333 e. The lowest BCUT2D eigenvalue weighted by molar-refractivity contribution is -0.652. The highest BCUT2D eigenvalue weighted by Gasteiger charge is 2.01. The van der Waals surface area contributed by atoms with Gasteiger partial charge in [0.1, 0.15) is 13.2 Å². The highest BCUT2D eigenvalue weighted by Crippen LogP contribution is 1.89. The Kier molecular flexibility index (Phi) is 10.8. The van der Waals surface area contributed by atoms with Crippen LogP contribution in [0.2, 0.25) is 0 Å². The predicted molar refractivity (Wildman–Crippen MR) is 43.1 cm³/mol. The number of carbonyl (C=O) groups is 1. The van der Waals surface area contributed by atoms with Crippen LogP contribution in [0.5, 0.6) is 0 Å². The summed E-state index contributed by atoms with van der Waals surface area (Å²) in [6.45, 7) is 9.49. The molecule has 0 heterocycles. The number of halogens is 1. The van der Waals surface area contributed by atoms with Crippen molar-refractivity contribution in [3.63, 3.8) is 0 Å². The SMILES string of the molecule is C=C(C)C(=O)OCC[NH2+]CC.[I-]. The van der Waals surface area contributed by atoms with Gasteiger partial charge in [0, 0.05) is 5.57 Å². The summed E-state index contributed by atoms with van der Waals surface area (Å²) in [4.78, 5) is 10.8. The second-order valence-electron chi connectivity index (χ2n) is 2.40. The number of nitrogens with two attached hydrogens (primary N) is 1. The molecule has 0 aliphatic rings. The molecule has 0 amide bonds. The van der Waals surface area contributed by atoms with Gasteiger partial charge in [0.15, 0.2) is 0 Å². The van der Waals surface area contributed by atoms with Gasteiger partial charge in [0.2, 0.25) is 0 Å². The third-order valence-corrected chi connectivity index (χ3v) is 1.19. The molecule has 72 valence electrons. The van der Waals surface area contributed by atoms with Gasteiger partial charge >= 0.3 is 5.97 Å². The van der Waals surface area contributed by atoms with Crippen LogP contribution in [0.4, 0.5) is 0 Å². The fourth-order valence-electron chi connectivity index (χ4n) is 0.562. The lowest BCUT2D eigenvalue weighted by Crippen LogP contribution is -3.00. The number of ether oxygens (including phenoxy) is 1. The quantitative estimate of drug-likeness (QED) is 0.249. The van der Waals surface area contributed by atoms with E-state index >= 15 is 0 Å². The first-order valence-corrected chi connectivity index (χ1v) is 3.82. The minimum atomic E-state index is -0.297. The van der Waals surface area contributed by atoms with Gasteiger partial charge < -0.3 is 34.0 Å². The van der Waals surface area contributed by atoms with Gasteiger partial charge in [-0.2, -0.15) is 0 Å². The summed E-state index contributed by atoms with van der Waals surface area (Å²) in [5.41, 5.74) is 0.460. The molecule has 0 unspecified atom stereocenters. The molecular formula is C8H16INO2. The minimum absolute atomic E-state index is 0. The molecule has 0 aliphatic heterocycles. The third kappa shape index (κ3) is 8.00. The van der Waals surface area contributed by atoms with Crippen LogP contribution in [-0.4, -0.2) is 25.7 Å². The fourth-order valence-corrected chi connectivity index (χ4v) is 0.562. The van der Waals surface area contributed by atoms with E-state index in [4.69, 9.17) is 4.74 Å². The number of carbonyl (C=O) groups excluding carboxylic acids is 1. The monoisotopic (exact) mass is 285 g/mol. The number of rotatable bonds is 5. The van der Waals surface area contributed by atoms with Crippen LogP contribution >= 0.6 is 0 Å². The third-order valence-electron chi connectivity index (χ3n) is 1.19. The summed E-state index contributed by atoms with van der Waals surface area (Å²) in [6.07, 6.45) is 0. The molecule has 4 heteroatoms.